The molecule has 3 rings (SSSR count). The number of nitrogens with one attached hydrogen (secondary N) is 1. The number of ether oxygens (including phenoxy) is 2. The molecule has 7 heteroatoms. The fourth-order valence-electron chi connectivity index (χ4n) is 2.46. The third-order valence-electron chi connectivity index (χ3n) is 3.81. The van der Waals surface area contributed by atoms with Gasteiger partial charge >= 0.3 is 0 Å². The van der Waals surface area contributed by atoms with E-state index in [1.54, 1.807) is 7.11 Å². The molecule has 0 saturated carbocycles. The summed E-state index contributed by atoms with van der Waals surface area (Å²) in [6.07, 6.45) is 0.735. The van der Waals surface area contributed by atoms with Gasteiger partial charge < -0.3 is 19.2 Å². The van der Waals surface area contributed by atoms with Gasteiger partial charge in [-0.05, 0) is 24.3 Å². The highest BCUT2D eigenvalue weighted by molar-refractivity contribution is 5.75. The minimum atomic E-state index is -0.0876. The van der Waals surface area contributed by atoms with Crippen molar-refractivity contribution in [1.82, 2.24) is 15.5 Å². The molecule has 7 nitrogen and oxygen atoms in total. The number of carbonyl (C=O) groups is 1. The van der Waals surface area contributed by atoms with Crippen LogP contribution in [0.5, 0.6) is 11.5 Å². The second-order valence-electron chi connectivity index (χ2n) is 5.71. The highest BCUT2D eigenvalue weighted by Gasteiger charge is 2.13. The second-order valence-corrected chi connectivity index (χ2v) is 5.71. The molecule has 1 amide bonds. The van der Waals surface area contributed by atoms with Crippen LogP contribution in [0.4, 0.5) is 0 Å². The van der Waals surface area contributed by atoms with E-state index in [4.69, 9.17) is 13.9 Å². The van der Waals surface area contributed by atoms with E-state index >= 15 is 0 Å². The third-order valence-corrected chi connectivity index (χ3v) is 3.81. The van der Waals surface area contributed by atoms with Crippen molar-refractivity contribution in [3.63, 3.8) is 0 Å². The maximum Gasteiger partial charge on any atom is 0.251 e. The zero-order valence-corrected chi connectivity index (χ0v) is 15.1. The third kappa shape index (κ3) is 5.31. The molecule has 3 aromatic rings. The maximum absolute atomic E-state index is 11.9. The molecule has 0 atom stereocenters. The van der Waals surface area contributed by atoms with Crippen molar-refractivity contribution in [3.05, 3.63) is 60.5 Å². The molecule has 1 N–H and O–H groups in total. The Hall–Kier alpha value is -3.35. The monoisotopic (exact) mass is 367 g/mol. The zero-order chi connectivity index (χ0) is 18.9. The van der Waals surface area contributed by atoms with Gasteiger partial charge in [-0.1, -0.05) is 30.3 Å². The van der Waals surface area contributed by atoms with Gasteiger partial charge in [0.15, 0.2) is 0 Å². The van der Waals surface area contributed by atoms with E-state index in [9.17, 15) is 4.79 Å². The molecule has 0 saturated heterocycles. The van der Waals surface area contributed by atoms with Crippen LogP contribution in [-0.2, 0) is 11.2 Å². The summed E-state index contributed by atoms with van der Waals surface area (Å²) in [4.78, 5) is 11.9. The van der Waals surface area contributed by atoms with E-state index in [2.05, 4.69) is 15.5 Å². The van der Waals surface area contributed by atoms with Crippen molar-refractivity contribution >= 4 is 5.91 Å². The molecule has 0 spiro atoms. The average Bonchev–Trinajstić information content (AvgIpc) is 3.17. The van der Waals surface area contributed by atoms with Gasteiger partial charge in [0.05, 0.1) is 25.7 Å². The normalized spacial score (nSPS) is 10.4. The van der Waals surface area contributed by atoms with E-state index in [-0.39, 0.29) is 12.3 Å². The Morgan fingerprint density at radius 3 is 2.67 bits per heavy atom. The number of hydrogen-bond acceptors (Lipinski definition) is 6. The molecule has 0 aliphatic heterocycles. The largest absolute Gasteiger partial charge is 0.496 e. The first kappa shape index (κ1) is 18.4. The molecule has 1 aromatic heterocycles. The number of amides is 1. The summed E-state index contributed by atoms with van der Waals surface area (Å²) in [7, 11) is 1.59. The van der Waals surface area contributed by atoms with E-state index in [0.29, 0.717) is 37.1 Å². The fraction of sp³-hybridized carbons (Fsp3) is 0.250. The van der Waals surface area contributed by atoms with Gasteiger partial charge in [0, 0.05) is 13.0 Å². The predicted octanol–water partition coefficient (Wildman–Crippen LogP) is 2.87. The highest BCUT2D eigenvalue weighted by Crippen LogP contribution is 2.28. The van der Waals surface area contributed by atoms with Gasteiger partial charge in [-0.25, -0.2) is 0 Å². The van der Waals surface area contributed by atoms with Crippen LogP contribution in [0.15, 0.2) is 59.0 Å². The van der Waals surface area contributed by atoms with Gasteiger partial charge in [-0.2, -0.15) is 0 Å². The van der Waals surface area contributed by atoms with Gasteiger partial charge in [0.25, 0.3) is 5.89 Å². The summed E-state index contributed by atoms with van der Waals surface area (Å²) in [5.74, 6) is 2.18. The number of rotatable bonds is 9. The van der Waals surface area contributed by atoms with Crippen molar-refractivity contribution in [1.29, 1.82) is 0 Å². The Morgan fingerprint density at radius 1 is 1.07 bits per heavy atom. The van der Waals surface area contributed by atoms with E-state index in [1.165, 1.54) is 0 Å². The molecular weight excluding hydrogens is 346 g/mol. The Morgan fingerprint density at radius 2 is 1.85 bits per heavy atom. The van der Waals surface area contributed by atoms with Gasteiger partial charge in [-0.15, -0.1) is 10.2 Å². The first-order valence-electron chi connectivity index (χ1n) is 8.66. The van der Waals surface area contributed by atoms with Crippen LogP contribution >= 0.6 is 0 Å². The van der Waals surface area contributed by atoms with Crippen molar-refractivity contribution < 1.29 is 18.7 Å². The van der Waals surface area contributed by atoms with E-state index < -0.39 is 0 Å². The van der Waals surface area contributed by atoms with Crippen LogP contribution in [0.3, 0.4) is 0 Å². The average molecular weight is 367 g/mol. The number of benzene rings is 2. The molecule has 0 bridgehead atoms. The lowest BCUT2D eigenvalue weighted by Gasteiger charge is -2.06. The van der Waals surface area contributed by atoms with Crippen molar-refractivity contribution in [3.8, 4) is 23.0 Å². The summed E-state index contributed by atoms with van der Waals surface area (Å²) in [5, 5.41) is 10.9. The minimum Gasteiger partial charge on any atom is -0.496 e. The molecule has 1 heterocycles. The molecule has 2 aromatic carbocycles. The van der Waals surface area contributed by atoms with Gasteiger partial charge in [-0.3, -0.25) is 4.79 Å². The molecule has 0 aliphatic rings. The zero-order valence-electron chi connectivity index (χ0n) is 15.1. The summed E-state index contributed by atoms with van der Waals surface area (Å²) in [6, 6.07) is 16.8. The first-order chi connectivity index (χ1) is 13.3. The first-order valence-corrected chi connectivity index (χ1v) is 8.66. The van der Waals surface area contributed by atoms with Crippen LogP contribution in [0, 0.1) is 0 Å². The van der Waals surface area contributed by atoms with Crippen LogP contribution < -0.4 is 14.8 Å². The van der Waals surface area contributed by atoms with Gasteiger partial charge in [0.2, 0.25) is 11.8 Å². The lowest BCUT2D eigenvalue weighted by molar-refractivity contribution is -0.121. The number of hydrogen-bond donors (Lipinski definition) is 1. The molecule has 0 radical (unpaired) electrons. The Bertz CT molecular complexity index is 864. The summed E-state index contributed by atoms with van der Waals surface area (Å²) in [5.41, 5.74) is 0.737. The summed E-state index contributed by atoms with van der Waals surface area (Å²) in [6.45, 7) is 0.742. The van der Waals surface area contributed by atoms with Crippen molar-refractivity contribution in [2.75, 3.05) is 20.3 Å². The quantitative estimate of drug-likeness (QED) is 0.626. The Balaban J connectivity index is 1.42. The highest BCUT2D eigenvalue weighted by atomic mass is 16.5. The number of para-hydroxylation sites is 2. The smallest absolute Gasteiger partial charge is 0.251 e. The van der Waals surface area contributed by atoms with Crippen LogP contribution in [0.25, 0.3) is 11.5 Å². The van der Waals surface area contributed by atoms with Crippen LogP contribution in [-0.4, -0.2) is 36.4 Å². The van der Waals surface area contributed by atoms with E-state index in [0.717, 1.165) is 11.3 Å². The molecular formula is C20H21N3O4. The Kier molecular flexibility index (Phi) is 6.40. The van der Waals surface area contributed by atoms with Gasteiger partial charge in [0.1, 0.15) is 11.5 Å². The number of methoxy groups -OCH3 is 1. The molecule has 0 unspecified atom stereocenters. The van der Waals surface area contributed by atoms with E-state index in [1.807, 2.05) is 54.6 Å². The summed E-state index contributed by atoms with van der Waals surface area (Å²) >= 11 is 0. The van der Waals surface area contributed by atoms with Crippen molar-refractivity contribution in [2.24, 2.45) is 0 Å². The Labute approximate surface area is 157 Å². The molecule has 0 aliphatic carbocycles. The number of carbonyl (C=O) groups excluding carboxylic acids is 1. The lowest BCUT2D eigenvalue weighted by Crippen LogP contribution is -2.27. The molecule has 140 valence electrons. The number of aromatic nitrogens is 2. The molecule has 0 fully saturated rings. The maximum atomic E-state index is 11.9. The molecule has 27 heavy (non-hydrogen) atoms. The second kappa shape index (κ2) is 9.38. The standard InChI is InChI=1S/C20H21N3O4/c1-25-17-10-6-5-9-16(17)20-23-22-19(27-20)11-13-21-18(24)12-14-26-15-7-3-2-4-8-15/h2-10H,11-14H2,1H3,(H,21,24). The van der Waals surface area contributed by atoms with Crippen LogP contribution in [0.2, 0.25) is 0 Å². The minimum absolute atomic E-state index is 0.0876. The topological polar surface area (TPSA) is 86.5 Å². The SMILES string of the molecule is COc1ccccc1-c1nnc(CCNC(=O)CCOc2ccccc2)o1. The fourth-order valence-corrected chi connectivity index (χ4v) is 2.46. The predicted molar refractivity (Wildman–Crippen MR) is 99.6 cm³/mol. The summed E-state index contributed by atoms with van der Waals surface area (Å²) < 4.78 is 16.5. The lowest BCUT2D eigenvalue weighted by atomic mass is 10.2. The number of nitrogens with zero attached hydrogens (tertiary/aromatic N) is 2. The van der Waals surface area contributed by atoms with Crippen LogP contribution in [0.1, 0.15) is 12.3 Å². The van der Waals surface area contributed by atoms with Crippen molar-refractivity contribution in [2.45, 2.75) is 12.8 Å².